The number of nitrogens with zero attached hydrogens (tertiary/aromatic N) is 5. The fourth-order valence-corrected chi connectivity index (χ4v) is 3.65. The highest BCUT2D eigenvalue weighted by atomic mass is 19.1. The zero-order valence-electron chi connectivity index (χ0n) is 15.9. The number of aromatic nitrogens is 4. The molecule has 0 radical (unpaired) electrons. The Labute approximate surface area is 166 Å². The third-order valence-electron chi connectivity index (χ3n) is 4.96. The third kappa shape index (κ3) is 3.68. The molecule has 0 bridgehead atoms. The number of pyridine rings is 1. The van der Waals surface area contributed by atoms with Gasteiger partial charge < -0.3 is 15.7 Å². The maximum atomic E-state index is 14.0. The highest BCUT2D eigenvalue weighted by Gasteiger charge is 2.30. The summed E-state index contributed by atoms with van der Waals surface area (Å²) in [4.78, 5) is 22.3. The molecule has 3 aromatic heterocycles. The van der Waals surface area contributed by atoms with Gasteiger partial charge in [0.25, 0.3) is 0 Å². The van der Waals surface area contributed by atoms with Crippen molar-refractivity contribution >= 4 is 23.5 Å². The van der Waals surface area contributed by atoms with Crippen LogP contribution in [0.4, 0.5) is 10.2 Å². The first-order chi connectivity index (χ1) is 13.9. The average Bonchev–Trinajstić information content (AvgIpc) is 3.33. The molecule has 0 spiro atoms. The number of aromatic carboxylic acids is 1. The van der Waals surface area contributed by atoms with E-state index >= 15 is 0 Å². The molecule has 4 rings (SSSR count). The van der Waals surface area contributed by atoms with Gasteiger partial charge in [-0.1, -0.05) is 6.08 Å². The van der Waals surface area contributed by atoms with Crippen molar-refractivity contribution in [3.05, 3.63) is 59.4 Å². The lowest BCUT2D eigenvalue weighted by Crippen LogP contribution is -2.25. The zero-order chi connectivity index (χ0) is 20.5. The van der Waals surface area contributed by atoms with E-state index in [9.17, 15) is 14.3 Å². The number of nitrogens with two attached hydrogens (primary N) is 1. The van der Waals surface area contributed by atoms with Crippen LogP contribution in [0.1, 0.15) is 47.4 Å². The lowest BCUT2D eigenvalue weighted by molar-refractivity contribution is 0.0698. The summed E-state index contributed by atoms with van der Waals surface area (Å²) in [7, 11) is 0. The Balaban J connectivity index is 1.75. The molecule has 9 heteroatoms. The van der Waals surface area contributed by atoms with Crippen molar-refractivity contribution in [1.29, 1.82) is 0 Å². The summed E-state index contributed by atoms with van der Waals surface area (Å²) in [6.45, 7) is 2.57. The van der Waals surface area contributed by atoms with E-state index in [1.807, 2.05) is 19.1 Å². The SMILES string of the molecule is C[C@@H](N)/C=C/c1ncc(F)cc1C1CCCN1c1ccn2ncc(C(=O)O)c2n1. The molecule has 0 amide bonds. The number of carboxylic acids is 1. The highest BCUT2D eigenvalue weighted by molar-refractivity contribution is 5.94. The molecule has 1 fully saturated rings. The standard InChI is InChI=1S/C20H21FN6O2/c1-12(22)4-5-16-14(9-13(21)10-23-16)17-3-2-7-26(17)18-6-8-27-19(25-18)15(11-24-27)20(28)29/h4-6,8-12,17H,2-3,7,22H2,1H3,(H,28,29)/b5-4+/t12-,17?/m1/s1. The van der Waals surface area contributed by atoms with Gasteiger partial charge in [0.05, 0.1) is 24.1 Å². The van der Waals surface area contributed by atoms with Crippen LogP contribution in [0.15, 0.2) is 36.8 Å². The first-order valence-corrected chi connectivity index (χ1v) is 9.37. The zero-order valence-corrected chi connectivity index (χ0v) is 15.9. The number of hydrogen-bond acceptors (Lipinski definition) is 6. The van der Waals surface area contributed by atoms with E-state index in [0.717, 1.165) is 24.9 Å². The van der Waals surface area contributed by atoms with Crippen LogP contribution in [0.2, 0.25) is 0 Å². The molecule has 3 N–H and O–H groups in total. The van der Waals surface area contributed by atoms with E-state index in [-0.39, 0.29) is 23.3 Å². The average molecular weight is 396 g/mol. The van der Waals surface area contributed by atoms with Crippen LogP contribution in [0.5, 0.6) is 0 Å². The minimum atomic E-state index is -1.08. The summed E-state index contributed by atoms with van der Waals surface area (Å²) < 4.78 is 15.4. The van der Waals surface area contributed by atoms with Crippen molar-refractivity contribution in [2.24, 2.45) is 5.73 Å². The molecule has 4 heterocycles. The van der Waals surface area contributed by atoms with Crippen LogP contribution in [0.3, 0.4) is 0 Å². The second-order valence-electron chi connectivity index (χ2n) is 7.11. The van der Waals surface area contributed by atoms with Gasteiger partial charge in [0.15, 0.2) is 5.65 Å². The maximum Gasteiger partial charge on any atom is 0.341 e. The van der Waals surface area contributed by atoms with E-state index in [4.69, 9.17) is 5.73 Å². The largest absolute Gasteiger partial charge is 0.477 e. The lowest BCUT2D eigenvalue weighted by Gasteiger charge is -2.27. The number of anilines is 1. The van der Waals surface area contributed by atoms with E-state index in [1.165, 1.54) is 23.0 Å². The minimum absolute atomic E-state index is 0.0376. The van der Waals surface area contributed by atoms with Gasteiger partial charge in [0, 0.05) is 24.3 Å². The Kier molecular flexibility index (Phi) is 4.98. The van der Waals surface area contributed by atoms with Crippen molar-refractivity contribution in [3.8, 4) is 0 Å². The molecule has 0 aliphatic carbocycles. The summed E-state index contributed by atoms with van der Waals surface area (Å²) >= 11 is 0. The van der Waals surface area contributed by atoms with Crippen LogP contribution in [0.25, 0.3) is 11.7 Å². The second kappa shape index (κ2) is 7.59. The quantitative estimate of drug-likeness (QED) is 0.682. The Hall–Kier alpha value is -3.33. The molecule has 1 aliphatic heterocycles. The lowest BCUT2D eigenvalue weighted by atomic mass is 10.0. The van der Waals surface area contributed by atoms with E-state index in [0.29, 0.717) is 11.5 Å². The van der Waals surface area contributed by atoms with E-state index < -0.39 is 11.8 Å². The smallest absolute Gasteiger partial charge is 0.341 e. The number of carboxylic acid groups (broad SMARTS) is 1. The van der Waals surface area contributed by atoms with Crippen LogP contribution in [-0.2, 0) is 0 Å². The molecule has 2 atom stereocenters. The molecule has 1 saturated heterocycles. The number of halogens is 1. The molecule has 1 unspecified atom stereocenters. The molecular weight excluding hydrogens is 375 g/mol. The summed E-state index contributed by atoms with van der Waals surface area (Å²) in [5.41, 5.74) is 7.54. The maximum absolute atomic E-state index is 14.0. The summed E-state index contributed by atoms with van der Waals surface area (Å²) in [5, 5.41) is 13.4. The first kappa shape index (κ1) is 19.0. The predicted octanol–water partition coefficient (Wildman–Crippen LogP) is 2.66. The van der Waals surface area contributed by atoms with E-state index in [2.05, 4.69) is 20.0 Å². The predicted molar refractivity (Wildman–Crippen MR) is 106 cm³/mol. The van der Waals surface area contributed by atoms with Crippen molar-refractivity contribution < 1.29 is 14.3 Å². The van der Waals surface area contributed by atoms with Crippen LogP contribution < -0.4 is 10.6 Å². The summed E-state index contributed by atoms with van der Waals surface area (Å²) in [5.74, 6) is -0.869. The fourth-order valence-electron chi connectivity index (χ4n) is 3.65. The first-order valence-electron chi connectivity index (χ1n) is 9.37. The molecule has 8 nitrogen and oxygen atoms in total. The molecule has 29 heavy (non-hydrogen) atoms. The Morgan fingerprint density at radius 3 is 3.03 bits per heavy atom. The normalized spacial score (nSPS) is 18.0. The van der Waals surface area contributed by atoms with Crippen LogP contribution in [0, 0.1) is 5.82 Å². The molecular formula is C20H21FN6O2. The van der Waals surface area contributed by atoms with Gasteiger partial charge in [-0.25, -0.2) is 18.7 Å². The van der Waals surface area contributed by atoms with Gasteiger partial charge in [-0.3, -0.25) is 4.98 Å². The molecule has 0 aromatic carbocycles. The minimum Gasteiger partial charge on any atom is -0.477 e. The van der Waals surface area contributed by atoms with Crippen molar-refractivity contribution in [3.63, 3.8) is 0 Å². The molecule has 0 saturated carbocycles. The summed E-state index contributed by atoms with van der Waals surface area (Å²) in [6, 6.07) is 3.01. The van der Waals surface area contributed by atoms with Gasteiger partial charge in [-0.2, -0.15) is 5.10 Å². The van der Waals surface area contributed by atoms with Gasteiger partial charge in [0.1, 0.15) is 17.2 Å². The van der Waals surface area contributed by atoms with Gasteiger partial charge >= 0.3 is 5.97 Å². The highest BCUT2D eigenvalue weighted by Crippen LogP contribution is 2.37. The van der Waals surface area contributed by atoms with Crippen LogP contribution >= 0.6 is 0 Å². The van der Waals surface area contributed by atoms with Crippen molar-refractivity contribution in [1.82, 2.24) is 19.6 Å². The Morgan fingerprint density at radius 1 is 1.45 bits per heavy atom. The van der Waals surface area contributed by atoms with Crippen molar-refractivity contribution in [2.45, 2.75) is 31.8 Å². The third-order valence-corrected chi connectivity index (χ3v) is 4.96. The number of fused-ring (bicyclic) bond motifs is 1. The summed E-state index contributed by atoms with van der Waals surface area (Å²) in [6.07, 6.45) is 9.49. The van der Waals surface area contributed by atoms with Gasteiger partial charge in [-0.05, 0) is 38.0 Å². The van der Waals surface area contributed by atoms with Gasteiger partial charge in [-0.15, -0.1) is 0 Å². The van der Waals surface area contributed by atoms with E-state index in [1.54, 1.807) is 12.3 Å². The van der Waals surface area contributed by atoms with Gasteiger partial charge in [0.2, 0.25) is 0 Å². The number of rotatable bonds is 5. The fraction of sp³-hybridized carbons (Fsp3) is 0.300. The number of carbonyl (C=O) groups is 1. The van der Waals surface area contributed by atoms with Crippen molar-refractivity contribution in [2.75, 3.05) is 11.4 Å². The van der Waals surface area contributed by atoms with Crippen LogP contribution in [-0.4, -0.2) is 43.2 Å². The second-order valence-corrected chi connectivity index (χ2v) is 7.11. The number of hydrogen-bond donors (Lipinski definition) is 2. The Morgan fingerprint density at radius 2 is 2.28 bits per heavy atom. The Bertz CT molecular complexity index is 1090. The molecule has 150 valence electrons. The topological polar surface area (TPSA) is 110 Å². The monoisotopic (exact) mass is 396 g/mol. The molecule has 3 aromatic rings. The molecule has 1 aliphatic rings.